The van der Waals surface area contributed by atoms with E-state index < -0.39 is 5.97 Å². The number of hydrogen-bond acceptors (Lipinski definition) is 16. The van der Waals surface area contributed by atoms with E-state index in [1.165, 1.54) is 51.7 Å². The number of aldehydes is 1. The van der Waals surface area contributed by atoms with Crippen LogP contribution in [0.1, 0.15) is 54.7 Å². The average Bonchev–Trinajstić information content (AvgIpc) is 3.34. The second kappa shape index (κ2) is 46.7. The van der Waals surface area contributed by atoms with Gasteiger partial charge in [0.1, 0.15) is 6.29 Å². The predicted octanol–water partition coefficient (Wildman–Crippen LogP) is 3.14. The molecule has 420 valence electrons. The van der Waals surface area contributed by atoms with Crippen molar-refractivity contribution in [2.24, 2.45) is 0 Å². The van der Waals surface area contributed by atoms with Crippen LogP contribution in [0.4, 0.5) is 5.69 Å². The predicted molar refractivity (Wildman–Crippen MR) is 300 cm³/mol. The normalized spacial score (nSPS) is 14.0. The summed E-state index contributed by atoms with van der Waals surface area (Å²) in [6, 6.07) is 47.6. The van der Waals surface area contributed by atoms with E-state index in [0.29, 0.717) is 0 Å². The molecular formula is C56H78BrClLiN5O13. The Balaban J connectivity index is -0.000000817. The smallest absolute Gasteiger partial charge is 0.870 e. The number of carbonyl (C=O) groups excluding carboxylic acids is 4. The van der Waals surface area contributed by atoms with Crippen molar-refractivity contribution in [2.75, 3.05) is 71.9 Å². The fraction of sp³-hybridized carbons (Fsp3) is 0.375. The van der Waals surface area contributed by atoms with E-state index in [-0.39, 0.29) is 79.0 Å². The number of benzene rings is 5. The van der Waals surface area contributed by atoms with E-state index >= 15 is 0 Å². The molecule has 0 aromatic heterocycles. The molecule has 0 spiro atoms. The zero-order valence-electron chi connectivity index (χ0n) is 45.2. The van der Waals surface area contributed by atoms with E-state index in [9.17, 15) is 19.2 Å². The van der Waals surface area contributed by atoms with E-state index in [4.69, 9.17) is 30.3 Å². The van der Waals surface area contributed by atoms with E-state index in [2.05, 4.69) is 87.1 Å². The molecular weight excluding hydrogens is 1070 g/mol. The number of anilines is 1. The Morgan fingerprint density at radius 1 is 0.571 bits per heavy atom. The number of aliphatic carboxylic acids is 1. The monoisotopic (exact) mass is 1150 g/mol. The summed E-state index contributed by atoms with van der Waals surface area (Å²) in [5.74, 6) is -1.38. The molecule has 1 amide bonds. The maximum atomic E-state index is 10.6. The summed E-state index contributed by atoms with van der Waals surface area (Å²) in [5.41, 5.74) is 5.51. The van der Waals surface area contributed by atoms with Crippen molar-refractivity contribution >= 4 is 64.1 Å². The minimum atomic E-state index is -0.833. The number of aliphatic hydroxyl groups is 4. The molecule has 0 radical (unpaired) electrons. The maximum Gasteiger partial charge on any atom is 1.00 e. The molecule has 21 heteroatoms. The van der Waals surface area contributed by atoms with Gasteiger partial charge in [-0.3, -0.25) is 38.7 Å². The van der Waals surface area contributed by atoms with Gasteiger partial charge in [-0.15, -0.1) is 12.4 Å². The maximum absolute atomic E-state index is 10.6. The first kappa shape index (κ1) is 75.9. The summed E-state index contributed by atoms with van der Waals surface area (Å²) in [6.07, 6.45) is 0.520. The molecule has 5 aromatic rings. The van der Waals surface area contributed by atoms with Crippen molar-refractivity contribution in [3.05, 3.63) is 172 Å². The van der Waals surface area contributed by atoms with Crippen molar-refractivity contribution < 1.29 is 83.3 Å². The second-order valence-corrected chi connectivity index (χ2v) is 17.9. The van der Waals surface area contributed by atoms with Crippen molar-refractivity contribution in [1.29, 1.82) is 0 Å². The van der Waals surface area contributed by atoms with Crippen LogP contribution in [-0.2, 0) is 48.3 Å². The molecule has 4 aliphatic heterocycles. The van der Waals surface area contributed by atoms with Gasteiger partial charge >= 0.3 is 30.8 Å². The van der Waals surface area contributed by atoms with Gasteiger partial charge < -0.3 is 51.1 Å². The molecule has 0 aliphatic carbocycles. The number of nitrogens with one attached hydrogen (secondary N) is 2. The van der Waals surface area contributed by atoms with Gasteiger partial charge in [0.05, 0.1) is 38.6 Å². The zero-order valence-corrected chi connectivity index (χ0v) is 47.6. The van der Waals surface area contributed by atoms with Gasteiger partial charge in [-0.2, -0.15) is 0 Å². The third-order valence-electron chi connectivity index (χ3n) is 9.98. The molecule has 18 nitrogen and oxygen atoms in total. The number of ether oxygens (including phenoxy) is 2. The summed E-state index contributed by atoms with van der Waals surface area (Å²) in [6.45, 7) is 14.8. The molecule has 0 atom stereocenters. The Kier molecular flexibility index (Phi) is 46.1. The van der Waals surface area contributed by atoms with Crippen LogP contribution in [-0.4, -0.2) is 167 Å². The van der Waals surface area contributed by atoms with Crippen LogP contribution in [0.2, 0.25) is 0 Å². The largest absolute Gasteiger partial charge is 1.00 e. The summed E-state index contributed by atoms with van der Waals surface area (Å²) in [4.78, 5) is 55.5. The molecule has 9 rings (SSSR count). The number of methoxy groups -OCH3 is 2. The van der Waals surface area contributed by atoms with Gasteiger partial charge in [0.15, 0.2) is 0 Å². The number of carboxylic acid groups (broad SMARTS) is 1. The first-order valence-electron chi connectivity index (χ1n) is 23.9. The molecule has 0 unspecified atom stereocenters. The number of amides is 1. The van der Waals surface area contributed by atoms with Crippen LogP contribution in [0.25, 0.3) is 0 Å². The van der Waals surface area contributed by atoms with Crippen LogP contribution in [0, 0.1) is 0 Å². The van der Waals surface area contributed by atoms with Gasteiger partial charge in [-0.05, 0) is 34.9 Å². The van der Waals surface area contributed by atoms with Crippen LogP contribution in [0.15, 0.2) is 150 Å². The minimum absolute atomic E-state index is 0. The number of aliphatic hydroxyl groups excluding tert-OH is 4. The van der Waals surface area contributed by atoms with E-state index in [1.54, 1.807) is 12.1 Å². The van der Waals surface area contributed by atoms with Crippen LogP contribution in [0.3, 0.4) is 0 Å². The second-order valence-electron chi connectivity index (χ2n) is 16.9. The number of carbonyl (C=O) groups is 5. The third-order valence-corrected chi connectivity index (χ3v) is 10.5. The molecule has 0 saturated carbocycles. The van der Waals surface area contributed by atoms with Gasteiger partial charge in [-0.1, -0.05) is 143 Å². The van der Waals surface area contributed by atoms with Crippen molar-refractivity contribution in [3.8, 4) is 0 Å². The number of rotatable bonds is 8. The summed E-state index contributed by atoms with van der Waals surface area (Å²) in [5, 5.41) is 48.6. The van der Waals surface area contributed by atoms with Crippen LogP contribution >= 0.6 is 28.3 Å². The van der Waals surface area contributed by atoms with E-state index in [1.807, 2.05) is 97.1 Å². The fourth-order valence-electron chi connectivity index (χ4n) is 6.11. The third kappa shape index (κ3) is 42.4. The first-order chi connectivity index (χ1) is 35.3. The molecule has 4 aliphatic rings. The Morgan fingerprint density at radius 3 is 1.05 bits per heavy atom. The van der Waals surface area contributed by atoms with Crippen molar-refractivity contribution in [3.63, 3.8) is 0 Å². The number of likely N-dealkylation sites (tertiary alicyclic amines) is 3. The fourth-order valence-corrected chi connectivity index (χ4v) is 6.51. The topological polar surface area (TPSA) is 269 Å². The molecule has 4 fully saturated rings. The Bertz CT molecular complexity index is 2120. The van der Waals surface area contributed by atoms with Gasteiger partial charge in [-0.25, -0.2) is 0 Å². The number of nitrogens with zero attached hydrogens (tertiary/aromatic N) is 3. The minimum Gasteiger partial charge on any atom is -0.870 e. The van der Waals surface area contributed by atoms with Crippen molar-refractivity contribution in [1.82, 2.24) is 20.0 Å². The zero-order chi connectivity index (χ0) is 55.1. The van der Waals surface area contributed by atoms with Gasteiger partial charge in [0, 0.05) is 115 Å². The first-order valence-corrected chi connectivity index (χ1v) is 24.6. The average molecular weight is 1150 g/mol. The summed E-state index contributed by atoms with van der Waals surface area (Å²) < 4.78 is 9.18. The summed E-state index contributed by atoms with van der Waals surface area (Å²) >= 11 is 3.30. The standard InChI is InChI=1S/3C10H13NO.C8H8BrNO.C7H6O.C3H7NO.2C3H6O2.C2H4O2.ClH.Li.H2O/c3*12-10-7-11(8-10)6-9-4-2-1-3-5-9;1-6(11)10-8-4-2-3-7(9)5-8;8-6-7-4-2-1-3-5-7;5-3-1-4-2-3;2*1-3(4)5-2;1-2(3)4;;;/h3*1-5,10,12H,6-8H2;2-5H,1H3,(H,10,11);1-6H;3-5H,1-2H2;2*1-2H3;1H3,(H,3,4);1H;;1H2/q;;;;;;;;;;+1;/p-1. The molecule has 5 aromatic carbocycles. The molecule has 4 saturated heterocycles. The number of carboxylic acids is 1. The Hall–Kier alpha value is -5.34. The number of hydrogen-bond donors (Lipinski definition) is 7. The van der Waals surface area contributed by atoms with Crippen LogP contribution in [0.5, 0.6) is 0 Å². The molecule has 4 heterocycles. The number of esters is 2. The molecule has 0 bridgehead atoms. The quantitative estimate of drug-likeness (QED) is 0.0668. The van der Waals surface area contributed by atoms with E-state index in [0.717, 1.165) is 101 Å². The SMILES string of the molecule is CC(=O)Nc1cccc(Br)c1.CC(=O)O.COC(C)=O.COC(C)=O.Cl.O=Cc1ccccc1.OC1CN(Cc2ccccc2)C1.OC1CN(Cc2ccccc2)C1.OC1CN(Cc2ccccc2)C1.OC1CNC1.[Li+].[OH-]. The van der Waals surface area contributed by atoms with Crippen LogP contribution < -0.4 is 29.5 Å². The van der Waals surface area contributed by atoms with Crippen molar-refractivity contribution in [2.45, 2.75) is 71.7 Å². The number of β-amino-alcohol motifs (C(OH)–C–C–N with tert-alkyl or cyclic N) is 4. The molecule has 77 heavy (non-hydrogen) atoms. The Morgan fingerprint density at radius 2 is 0.857 bits per heavy atom. The summed E-state index contributed by atoms with van der Waals surface area (Å²) in [7, 11) is 2.70. The van der Waals surface area contributed by atoms with Gasteiger partial charge in [0.25, 0.3) is 5.97 Å². The van der Waals surface area contributed by atoms with Gasteiger partial charge in [0.2, 0.25) is 5.91 Å². The number of halogens is 2. The molecule has 8 N–H and O–H groups in total. The Labute approximate surface area is 480 Å².